The Morgan fingerprint density at radius 1 is 1.21 bits per heavy atom. The Bertz CT molecular complexity index is 989. The topological polar surface area (TPSA) is 97.5 Å². The third-order valence-corrected chi connectivity index (χ3v) is 3.66. The number of carbonyl (C=O) groups is 1. The normalized spacial score (nSPS) is 12.4. The maximum atomic E-state index is 13.2. The predicted octanol–water partition coefficient (Wildman–Crippen LogP) is 3.24. The standard InChI is InChI=1S/C18H13F4N3O4/c19-12-3-1-2-11(8-12)16(27)23-14(9-26)17-24-15(25-29-17)10-4-6-13(7-5-10)28-18(20,21)22/h1-8,14,26H,9H2,(H,23,27)/t14-/m0/s1. The van der Waals surface area contributed by atoms with E-state index in [9.17, 15) is 27.5 Å². The van der Waals surface area contributed by atoms with Gasteiger partial charge < -0.3 is 19.7 Å². The Hall–Kier alpha value is -3.47. The van der Waals surface area contributed by atoms with E-state index >= 15 is 0 Å². The molecule has 1 amide bonds. The highest BCUT2D eigenvalue weighted by molar-refractivity contribution is 5.94. The molecule has 11 heteroatoms. The summed E-state index contributed by atoms with van der Waals surface area (Å²) in [5, 5.41) is 15.6. The maximum absolute atomic E-state index is 13.2. The zero-order chi connectivity index (χ0) is 21.0. The van der Waals surface area contributed by atoms with E-state index in [4.69, 9.17) is 4.52 Å². The van der Waals surface area contributed by atoms with Gasteiger partial charge in [0.15, 0.2) is 0 Å². The van der Waals surface area contributed by atoms with Gasteiger partial charge in [-0.05, 0) is 42.5 Å². The van der Waals surface area contributed by atoms with Crippen molar-refractivity contribution < 1.29 is 36.7 Å². The molecule has 152 valence electrons. The number of nitrogens with zero attached hydrogens (tertiary/aromatic N) is 2. The molecule has 0 unspecified atom stereocenters. The molecular formula is C18H13F4N3O4. The van der Waals surface area contributed by atoms with Crippen LogP contribution in [0.5, 0.6) is 5.75 Å². The first-order valence-electron chi connectivity index (χ1n) is 8.12. The molecule has 7 nitrogen and oxygen atoms in total. The van der Waals surface area contributed by atoms with Crippen LogP contribution in [-0.4, -0.2) is 34.1 Å². The van der Waals surface area contributed by atoms with Crippen LogP contribution in [0.15, 0.2) is 53.1 Å². The van der Waals surface area contributed by atoms with Gasteiger partial charge in [-0.2, -0.15) is 4.98 Å². The summed E-state index contributed by atoms with van der Waals surface area (Å²) in [5.41, 5.74) is 0.353. The molecule has 3 rings (SSSR count). The van der Waals surface area contributed by atoms with Crippen molar-refractivity contribution in [3.05, 3.63) is 65.8 Å². The third-order valence-electron chi connectivity index (χ3n) is 3.66. The molecule has 2 N–H and O–H groups in total. The van der Waals surface area contributed by atoms with Crippen LogP contribution in [0, 0.1) is 5.82 Å². The smallest absolute Gasteiger partial charge is 0.406 e. The van der Waals surface area contributed by atoms with Gasteiger partial charge in [0.25, 0.3) is 11.8 Å². The number of hydrogen-bond acceptors (Lipinski definition) is 6. The minimum absolute atomic E-state index is 0.0250. The van der Waals surface area contributed by atoms with Gasteiger partial charge in [0.1, 0.15) is 17.6 Å². The van der Waals surface area contributed by atoms with E-state index in [1.165, 1.54) is 30.3 Å². The summed E-state index contributed by atoms with van der Waals surface area (Å²) < 4.78 is 58.6. The molecule has 29 heavy (non-hydrogen) atoms. The van der Waals surface area contributed by atoms with E-state index in [0.29, 0.717) is 5.56 Å². The summed E-state index contributed by atoms with van der Waals surface area (Å²) >= 11 is 0. The Kier molecular flexibility index (Phi) is 5.78. The average molecular weight is 411 g/mol. The number of rotatable bonds is 6. The van der Waals surface area contributed by atoms with E-state index in [-0.39, 0.29) is 17.3 Å². The van der Waals surface area contributed by atoms with Crippen LogP contribution in [-0.2, 0) is 0 Å². The monoisotopic (exact) mass is 411 g/mol. The van der Waals surface area contributed by atoms with Gasteiger partial charge in [-0.1, -0.05) is 11.2 Å². The van der Waals surface area contributed by atoms with Crippen molar-refractivity contribution >= 4 is 5.91 Å². The van der Waals surface area contributed by atoms with Crippen LogP contribution < -0.4 is 10.1 Å². The molecule has 0 aliphatic rings. The lowest BCUT2D eigenvalue weighted by atomic mass is 10.2. The van der Waals surface area contributed by atoms with Gasteiger partial charge in [-0.15, -0.1) is 13.2 Å². The predicted molar refractivity (Wildman–Crippen MR) is 90.1 cm³/mol. The van der Waals surface area contributed by atoms with Crippen molar-refractivity contribution in [1.29, 1.82) is 0 Å². The van der Waals surface area contributed by atoms with E-state index in [1.54, 1.807) is 0 Å². The third kappa shape index (κ3) is 5.29. The Labute approximate surface area is 160 Å². The average Bonchev–Trinajstić information content (AvgIpc) is 3.15. The largest absolute Gasteiger partial charge is 0.573 e. The first kappa shape index (κ1) is 20.3. The van der Waals surface area contributed by atoms with Crippen LogP contribution in [0.4, 0.5) is 17.6 Å². The second kappa shape index (κ2) is 8.27. The number of aliphatic hydroxyl groups is 1. The number of hydrogen-bond donors (Lipinski definition) is 2. The van der Waals surface area contributed by atoms with Gasteiger partial charge in [-0.25, -0.2) is 4.39 Å². The molecule has 0 spiro atoms. The molecule has 0 aliphatic carbocycles. The second-order valence-electron chi connectivity index (χ2n) is 5.75. The minimum Gasteiger partial charge on any atom is -0.406 e. The van der Waals surface area contributed by atoms with E-state index in [0.717, 1.165) is 18.2 Å². The number of nitrogens with one attached hydrogen (secondary N) is 1. The van der Waals surface area contributed by atoms with Gasteiger partial charge in [0, 0.05) is 11.1 Å². The first-order valence-corrected chi connectivity index (χ1v) is 8.12. The summed E-state index contributed by atoms with van der Waals surface area (Å²) in [7, 11) is 0. The van der Waals surface area contributed by atoms with Crippen molar-refractivity contribution in [2.75, 3.05) is 6.61 Å². The van der Waals surface area contributed by atoms with Crippen molar-refractivity contribution in [3.63, 3.8) is 0 Å². The maximum Gasteiger partial charge on any atom is 0.573 e. The van der Waals surface area contributed by atoms with E-state index in [1.807, 2.05) is 0 Å². The highest BCUT2D eigenvalue weighted by atomic mass is 19.4. The number of aromatic nitrogens is 2. The molecule has 0 bridgehead atoms. The molecule has 0 aliphatic heterocycles. The van der Waals surface area contributed by atoms with E-state index in [2.05, 4.69) is 20.2 Å². The number of amides is 1. The first-order chi connectivity index (χ1) is 13.7. The van der Waals surface area contributed by atoms with Crippen LogP contribution in [0.1, 0.15) is 22.3 Å². The number of ether oxygens (including phenoxy) is 1. The lowest BCUT2D eigenvalue weighted by Crippen LogP contribution is -2.31. The van der Waals surface area contributed by atoms with Crippen molar-refractivity contribution in [2.24, 2.45) is 0 Å². The molecule has 3 aromatic rings. The lowest BCUT2D eigenvalue weighted by Gasteiger charge is -2.12. The number of benzene rings is 2. The molecule has 2 aromatic carbocycles. The fourth-order valence-corrected chi connectivity index (χ4v) is 2.36. The SMILES string of the molecule is O=C(N[C@@H](CO)c1nc(-c2ccc(OC(F)(F)F)cc2)no1)c1cccc(F)c1. The number of aliphatic hydroxyl groups excluding tert-OH is 1. The quantitative estimate of drug-likeness (QED) is 0.605. The number of carbonyl (C=O) groups excluding carboxylic acids is 1. The van der Waals surface area contributed by atoms with Gasteiger partial charge in [0.2, 0.25) is 5.82 Å². The van der Waals surface area contributed by atoms with Gasteiger partial charge in [0.05, 0.1) is 6.61 Å². The number of halogens is 4. The number of alkyl halides is 3. The zero-order valence-electron chi connectivity index (χ0n) is 14.5. The van der Waals surface area contributed by atoms with Gasteiger partial charge in [-0.3, -0.25) is 4.79 Å². The highest BCUT2D eigenvalue weighted by Crippen LogP contribution is 2.26. The summed E-state index contributed by atoms with van der Waals surface area (Å²) in [5.74, 6) is -1.80. The van der Waals surface area contributed by atoms with Crippen molar-refractivity contribution in [2.45, 2.75) is 12.4 Å². The summed E-state index contributed by atoms with van der Waals surface area (Å²) in [4.78, 5) is 16.2. The molecule has 0 radical (unpaired) electrons. The summed E-state index contributed by atoms with van der Waals surface area (Å²) in [6.45, 7) is -0.582. The summed E-state index contributed by atoms with van der Waals surface area (Å²) in [6.07, 6.45) is -4.81. The molecule has 1 atom stereocenters. The fourth-order valence-electron chi connectivity index (χ4n) is 2.36. The molecule has 1 heterocycles. The van der Waals surface area contributed by atoms with Crippen molar-refractivity contribution in [1.82, 2.24) is 15.5 Å². The van der Waals surface area contributed by atoms with Crippen LogP contribution >= 0.6 is 0 Å². The zero-order valence-corrected chi connectivity index (χ0v) is 14.5. The Morgan fingerprint density at radius 3 is 2.55 bits per heavy atom. The Morgan fingerprint density at radius 2 is 1.93 bits per heavy atom. The molecule has 0 saturated heterocycles. The van der Waals surface area contributed by atoms with Crippen LogP contribution in [0.25, 0.3) is 11.4 Å². The second-order valence-corrected chi connectivity index (χ2v) is 5.75. The molecule has 0 saturated carbocycles. The Balaban J connectivity index is 1.72. The van der Waals surface area contributed by atoms with Crippen LogP contribution in [0.3, 0.4) is 0 Å². The van der Waals surface area contributed by atoms with Gasteiger partial charge >= 0.3 is 6.36 Å². The minimum atomic E-state index is -4.81. The molecular weight excluding hydrogens is 398 g/mol. The van der Waals surface area contributed by atoms with Crippen molar-refractivity contribution in [3.8, 4) is 17.1 Å². The molecule has 0 fully saturated rings. The molecule has 1 aromatic heterocycles. The van der Waals surface area contributed by atoms with E-state index < -0.39 is 36.5 Å². The van der Waals surface area contributed by atoms with Crippen LogP contribution in [0.2, 0.25) is 0 Å². The highest BCUT2D eigenvalue weighted by Gasteiger charge is 2.31. The fraction of sp³-hybridized carbons (Fsp3) is 0.167. The lowest BCUT2D eigenvalue weighted by molar-refractivity contribution is -0.274. The summed E-state index contributed by atoms with van der Waals surface area (Å²) in [6, 6.07) is 8.60.